The van der Waals surface area contributed by atoms with E-state index in [1.54, 1.807) is 0 Å². The van der Waals surface area contributed by atoms with E-state index < -0.39 is 12.0 Å². The zero-order chi connectivity index (χ0) is 11.6. The highest BCUT2D eigenvalue weighted by Crippen LogP contribution is 2.01. The Morgan fingerprint density at radius 1 is 1.36 bits per heavy atom. The minimum Gasteiger partial charge on any atom is -0.480 e. The van der Waals surface area contributed by atoms with Crippen LogP contribution < -0.4 is 5.73 Å². The van der Waals surface area contributed by atoms with E-state index in [0.717, 1.165) is 13.2 Å². The van der Waals surface area contributed by atoms with Gasteiger partial charge in [-0.05, 0) is 26.2 Å². The van der Waals surface area contributed by atoms with Gasteiger partial charge in [0.2, 0.25) is 0 Å². The van der Waals surface area contributed by atoms with E-state index in [2.05, 4.69) is 0 Å². The number of rotatable bonds is 5. The van der Waals surface area contributed by atoms with Gasteiger partial charge in [0.25, 0.3) is 0 Å². The molecule has 0 aliphatic carbocycles. The molecule has 0 aliphatic rings. The number of ether oxygens (including phenoxy) is 1. The molecule has 86 valence electrons. The van der Waals surface area contributed by atoms with Crippen LogP contribution in [-0.4, -0.2) is 30.3 Å². The molecule has 1 unspecified atom stereocenters. The predicted molar refractivity (Wildman–Crippen MR) is 57.2 cm³/mol. The largest absolute Gasteiger partial charge is 0.480 e. The Labute approximate surface area is 86.4 Å². The summed E-state index contributed by atoms with van der Waals surface area (Å²) in [4.78, 5) is 10.1. The zero-order valence-electron chi connectivity index (χ0n) is 9.62. The maximum atomic E-state index is 10.1. The maximum absolute atomic E-state index is 10.1. The molecule has 0 rings (SSSR count). The average molecular weight is 205 g/mol. The molecular formula is C10H23NO3. The van der Waals surface area contributed by atoms with E-state index in [4.69, 9.17) is 15.6 Å². The number of carbonyl (C=O) groups is 1. The van der Waals surface area contributed by atoms with E-state index in [-0.39, 0.29) is 0 Å². The normalized spacial score (nSPS) is 11.9. The topological polar surface area (TPSA) is 72.6 Å². The molecule has 0 saturated carbocycles. The lowest BCUT2D eigenvalue weighted by Gasteiger charge is -2.07. The monoisotopic (exact) mass is 205 g/mol. The van der Waals surface area contributed by atoms with E-state index in [9.17, 15) is 4.79 Å². The van der Waals surface area contributed by atoms with Crippen molar-refractivity contribution in [3.8, 4) is 0 Å². The summed E-state index contributed by atoms with van der Waals surface area (Å²) in [5.41, 5.74) is 5.22. The number of hydrogen-bond acceptors (Lipinski definition) is 3. The molecule has 0 spiro atoms. The number of carboxylic acid groups (broad SMARTS) is 1. The van der Waals surface area contributed by atoms with Crippen molar-refractivity contribution in [3.05, 3.63) is 0 Å². The number of hydrogen-bond donors (Lipinski definition) is 2. The average Bonchev–Trinajstić information content (AvgIpc) is 2.05. The van der Waals surface area contributed by atoms with Crippen LogP contribution in [-0.2, 0) is 9.53 Å². The Bertz CT molecular complexity index is 135. The molecule has 0 amide bonds. The van der Waals surface area contributed by atoms with Crippen molar-refractivity contribution in [1.82, 2.24) is 0 Å². The highest BCUT2D eigenvalue weighted by Gasteiger charge is 2.11. The standard InChI is InChI=1S/C6H13NO2.C4H10O/c1-4(2)3-5(7)6(8)9;1-3-5-4-2/h4-5H,3,7H2,1-2H3,(H,8,9);3-4H2,1-2H3. The number of nitrogens with two attached hydrogens (primary N) is 1. The van der Waals surface area contributed by atoms with Crippen molar-refractivity contribution in [2.45, 2.75) is 40.2 Å². The molecule has 3 N–H and O–H groups in total. The van der Waals surface area contributed by atoms with E-state index >= 15 is 0 Å². The van der Waals surface area contributed by atoms with Gasteiger partial charge in [0.1, 0.15) is 6.04 Å². The van der Waals surface area contributed by atoms with Crippen molar-refractivity contribution < 1.29 is 14.6 Å². The molecular weight excluding hydrogens is 182 g/mol. The van der Waals surface area contributed by atoms with Crippen LogP contribution in [0.25, 0.3) is 0 Å². The number of carboxylic acids is 1. The molecule has 4 heteroatoms. The highest BCUT2D eigenvalue weighted by atomic mass is 16.5. The van der Waals surface area contributed by atoms with Crippen LogP contribution in [0.3, 0.4) is 0 Å². The van der Waals surface area contributed by atoms with Gasteiger partial charge in [-0.1, -0.05) is 13.8 Å². The van der Waals surface area contributed by atoms with Crippen molar-refractivity contribution >= 4 is 5.97 Å². The van der Waals surface area contributed by atoms with Gasteiger partial charge >= 0.3 is 5.97 Å². The van der Waals surface area contributed by atoms with Crippen LogP contribution in [0.1, 0.15) is 34.1 Å². The van der Waals surface area contributed by atoms with Gasteiger partial charge in [0.15, 0.2) is 0 Å². The quantitative estimate of drug-likeness (QED) is 0.713. The van der Waals surface area contributed by atoms with E-state index in [1.165, 1.54) is 0 Å². The molecule has 0 fully saturated rings. The van der Waals surface area contributed by atoms with Gasteiger partial charge in [-0.3, -0.25) is 4.79 Å². The van der Waals surface area contributed by atoms with Gasteiger partial charge < -0.3 is 15.6 Å². The van der Waals surface area contributed by atoms with Gasteiger partial charge in [0, 0.05) is 13.2 Å². The summed E-state index contributed by atoms with van der Waals surface area (Å²) < 4.78 is 4.83. The molecule has 0 aliphatic heterocycles. The summed E-state index contributed by atoms with van der Waals surface area (Å²) in [7, 11) is 0. The van der Waals surface area contributed by atoms with Crippen molar-refractivity contribution in [1.29, 1.82) is 0 Å². The summed E-state index contributed by atoms with van der Waals surface area (Å²) in [6.45, 7) is 9.56. The third-order valence-corrected chi connectivity index (χ3v) is 1.45. The fraction of sp³-hybridized carbons (Fsp3) is 0.900. The first-order chi connectivity index (χ1) is 6.45. The van der Waals surface area contributed by atoms with Gasteiger partial charge in [-0.15, -0.1) is 0 Å². The molecule has 4 nitrogen and oxygen atoms in total. The molecule has 0 aromatic heterocycles. The maximum Gasteiger partial charge on any atom is 0.320 e. The third kappa shape index (κ3) is 13.9. The minimum atomic E-state index is -0.913. The van der Waals surface area contributed by atoms with Gasteiger partial charge in [0.05, 0.1) is 0 Å². The smallest absolute Gasteiger partial charge is 0.320 e. The molecule has 0 heterocycles. The Morgan fingerprint density at radius 3 is 1.86 bits per heavy atom. The second-order valence-corrected chi connectivity index (χ2v) is 3.36. The first-order valence-corrected chi connectivity index (χ1v) is 5.01. The second-order valence-electron chi connectivity index (χ2n) is 3.36. The summed E-state index contributed by atoms with van der Waals surface area (Å²) in [6, 6.07) is -0.690. The summed E-state index contributed by atoms with van der Waals surface area (Å²) in [5.74, 6) is -0.556. The Hall–Kier alpha value is -0.610. The van der Waals surface area contributed by atoms with Crippen LogP contribution in [0.2, 0.25) is 0 Å². The second kappa shape index (κ2) is 10.5. The van der Waals surface area contributed by atoms with Gasteiger partial charge in [-0.2, -0.15) is 0 Å². The number of aliphatic carboxylic acids is 1. The first kappa shape index (κ1) is 15.8. The lowest BCUT2D eigenvalue weighted by Crippen LogP contribution is -2.31. The van der Waals surface area contributed by atoms with Crippen molar-refractivity contribution in [3.63, 3.8) is 0 Å². The Balaban J connectivity index is 0. The third-order valence-electron chi connectivity index (χ3n) is 1.45. The Kier molecular flexibility index (Phi) is 11.9. The molecule has 0 aromatic rings. The first-order valence-electron chi connectivity index (χ1n) is 5.01. The van der Waals surface area contributed by atoms with Crippen molar-refractivity contribution in [2.75, 3.05) is 13.2 Å². The molecule has 0 radical (unpaired) electrons. The van der Waals surface area contributed by atoms with Crippen LogP contribution in [0.4, 0.5) is 0 Å². The molecule has 0 aromatic carbocycles. The Morgan fingerprint density at radius 2 is 1.79 bits per heavy atom. The summed E-state index contributed by atoms with van der Waals surface area (Å²) in [5, 5.41) is 8.31. The van der Waals surface area contributed by atoms with Crippen LogP contribution in [0, 0.1) is 5.92 Å². The predicted octanol–water partition coefficient (Wildman–Crippen LogP) is 1.49. The van der Waals surface area contributed by atoms with Crippen LogP contribution >= 0.6 is 0 Å². The lowest BCUT2D eigenvalue weighted by atomic mass is 10.1. The highest BCUT2D eigenvalue weighted by molar-refractivity contribution is 5.72. The fourth-order valence-corrected chi connectivity index (χ4v) is 0.813. The van der Waals surface area contributed by atoms with E-state index in [0.29, 0.717) is 12.3 Å². The molecule has 1 atom stereocenters. The fourth-order valence-electron chi connectivity index (χ4n) is 0.813. The SMILES string of the molecule is CC(C)CC(N)C(=O)O.CCOCC. The molecule has 14 heavy (non-hydrogen) atoms. The lowest BCUT2D eigenvalue weighted by molar-refractivity contribution is -0.138. The van der Waals surface area contributed by atoms with Crippen LogP contribution in [0.15, 0.2) is 0 Å². The van der Waals surface area contributed by atoms with Crippen molar-refractivity contribution in [2.24, 2.45) is 11.7 Å². The van der Waals surface area contributed by atoms with E-state index in [1.807, 2.05) is 27.7 Å². The van der Waals surface area contributed by atoms with Crippen LogP contribution in [0.5, 0.6) is 0 Å². The summed E-state index contributed by atoms with van der Waals surface area (Å²) in [6.07, 6.45) is 0.551. The minimum absolute atomic E-state index is 0.357. The molecule has 0 saturated heterocycles. The van der Waals surface area contributed by atoms with Gasteiger partial charge in [-0.25, -0.2) is 0 Å². The zero-order valence-corrected chi connectivity index (χ0v) is 9.62. The molecule has 0 bridgehead atoms. The summed E-state index contributed by atoms with van der Waals surface area (Å²) >= 11 is 0.